The van der Waals surface area contributed by atoms with Crippen molar-refractivity contribution in [3.8, 4) is 11.4 Å². The molecule has 2 N–H and O–H groups in total. The van der Waals surface area contributed by atoms with Gasteiger partial charge in [-0.25, -0.2) is 9.97 Å². The Hall–Kier alpha value is -3.32. The van der Waals surface area contributed by atoms with E-state index in [0.29, 0.717) is 30.2 Å². The zero-order chi connectivity index (χ0) is 19.2. The van der Waals surface area contributed by atoms with E-state index in [1.807, 2.05) is 37.3 Å². The highest BCUT2D eigenvalue weighted by Crippen LogP contribution is 2.21. The van der Waals surface area contributed by atoms with Crippen molar-refractivity contribution in [3.63, 3.8) is 0 Å². The molecule has 2 aromatic carbocycles. The molecular weight excluding hydrogens is 344 g/mol. The van der Waals surface area contributed by atoms with Crippen molar-refractivity contribution in [3.05, 3.63) is 82.0 Å². The van der Waals surface area contributed by atoms with Crippen molar-refractivity contribution < 1.29 is 10.0 Å². The maximum Gasteiger partial charge on any atom is 0.269 e. The third-order valence-corrected chi connectivity index (χ3v) is 4.02. The lowest BCUT2D eigenvalue weighted by Gasteiger charge is -2.13. The lowest BCUT2D eigenvalue weighted by molar-refractivity contribution is -0.384. The minimum Gasteiger partial charge on any atom is -0.391 e. The summed E-state index contributed by atoms with van der Waals surface area (Å²) in [6, 6.07) is 17.7. The predicted octanol–water partition coefficient (Wildman–Crippen LogP) is 3.38. The van der Waals surface area contributed by atoms with Gasteiger partial charge in [0.05, 0.1) is 11.0 Å². The van der Waals surface area contributed by atoms with Crippen molar-refractivity contribution in [2.24, 2.45) is 0 Å². The van der Waals surface area contributed by atoms with Crippen LogP contribution < -0.4 is 5.32 Å². The fraction of sp³-hybridized carbons (Fsp3) is 0.200. The molecule has 0 spiro atoms. The zero-order valence-corrected chi connectivity index (χ0v) is 14.9. The molecule has 7 nitrogen and oxygen atoms in total. The Labute approximate surface area is 156 Å². The van der Waals surface area contributed by atoms with Crippen LogP contribution in [0, 0.1) is 17.0 Å². The van der Waals surface area contributed by atoms with Gasteiger partial charge in [-0.15, -0.1) is 0 Å². The van der Waals surface area contributed by atoms with Gasteiger partial charge in [0.15, 0.2) is 5.82 Å². The van der Waals surface area contributed by atoms with Gasteiger partial charge in [-0.05, 0) is 24.6 Å². The highest BCUT2D eigenvalue weighted by atomic mass is 16.6. The van der Waals surface area contributed by atoms with E-state index in [-0.39, 0.29) is 5.69 Å². The Morgan fingerprint density at radius 1 is 1.11 bits per heavy atom. The number of nitrogens with zero attached hydrogens (tertiary/aromatic N) is 3. The number of aliphatic hydroxyl groups excluding tert-OH is 1. The van der Waals surface area contributed by atoms with Gasteiger partial charge >= 0.3 is 0 Å². The average Bonchev–Trinajstić information content (AvgIpc) is 2.67. The van der Waals surface area contributed by atoms with Crippen molar-refractivity contribution >= 4 is 11.5 Å². The highest BCUT2D eigenvalue weighted by molar-refractivity contribution is 5.59. The van der Waals surface area contributed by atoms with E-state index in [9.17, 15) is 15.2 Å². The van der Waals surface area contributed by atoms with Gasteiger partial charge in [0.25, 0.3) is 5.69 Å². The summed E-state index contributed by atoms with van der Waals surface area (Å²) in [5.41, 5.74) is 2.54. The first-order valence-corrected chi connectivity index (χ1v) is 8.57. The minimum atomic E-state index is -0.550. The number of benzene rings is 2. The van der Waals surface area contributed by atoms with Crippen LogP contribution in [0.4, 0.5) is 11.5 Å². The lowest BCUT2D eigenvalue weighted by Crippen LogP contribution is -2.22. The molecule has 1 unspecified atom stereocenters. The second kappa shape index (κ2) is 8.37. The summed E-state index contributed by atoms with van der Waals surface area (Å²) in [6.45, 7) is 2.20. The van der Waals surface area contributed by atoms with E-state index in [0.717, 1.165) is 11.3 Å². The third kappa shape index (κ3) is 5.08. The molecule has 27 heavy (non-hydrogen) atoms. The fourth-order valence-electron chi connectivity index (χ4n) is 2.70. The van der Waals surface area contributed by atoms with Gasteiger partial charge in [0, 0.05) is 42.4 Å². The van der Waals surface area contributed by atoms with E-state index in [1.165, 1.54) is 12.1 Å². The number of non-ortho nitro benzene ring substituents is 1. The summed E-state index contributed by atoms with van der Waals surface area (Å²) in [7, 11) is 0. The summed E-state index contributed by atoms with van der Waals surface area (Å²) in [6.07, 6.45) is -0.00174. The number of aryl methyl sites for hydroxylation is 1. The topological polar surface area (TPSA) is 101 Å². The Balaban J connectivity index is 1.68. The number of aromatic nitrogens is 2. The predicted molar refractivity (Wildman–Crippen MR) is 104 cm³/mol. The van der Waals surface area contributed by atoms with Crippen LogP contribution >= 0.6 is 0 Å². The molecule has 0 aliphatic heterocycles. The van der Waals surface area contributed by atoms with E-state index >= 15 is 0 Å². The minimum absolute atomic E-state index is 0.0220. The summed E-state index contributed by atoms with van der Waals surface area (Å²) < 4.78 is 0. The van der Waals surface area contributed by atoms with Gasteiger partial charge < -0.3 is 10.4 Å². The summed E-state index contributed by atoms with van der Waals surface area (Å²) in [5, 5.41) is 24.1. The summed E-state index contributed by atoms with van der Waals surface area (Å²) in [5.74, 6) is 1.08. The molecule has 0 amide bonds. The number of nitrogens with one attached hydrogen (secondary N) is 1. The van der Waals surface area contributed by atoms with E-state index in [2.05, 4.69) is 15.3 Å². The van der Waals surface area contributed by atoms with E-state index < -0.39 is 11.0 Å². The highest BCUT2D eigenvalue weighted by Gasteiger charge is 2.10. The molecule has 0 aliphatic carbocycles. The molecule has 1 aromatic heterocycles. The van der Waals surface area contributed by atoms with Crippen LogP contribution in [0.2, 0.25) is 0 Å². The fourth-order valence-corrected chi connectivity index (χ4v) is 2.70. The molecule has 3 rings (SSSR count). The van der Waals surface area contributed by atoms with Crippen LogP contribution in [-0.2, 0) is 6.42 Å². The van der Waals surface area contributed by atoms with Crippen LogP contribution in [0.5, 0.6) is 0 Å². The van der Waals surface area contributed by atoms with Crippen LogP contribution in [0.25, 0.3) is 11.4 Å². The van der Waals surface area contributed by atoms with Gasteiger partial charge in [0.2, 0.25) is 0 Å². The second-order valence-electron chi connectivity index (χ2n) is 6.25. The Morgan fingerprint density at radius 3 is 2.48 bits per heavy atom. The van der Waals surface area contributed by atoms with Gasteiger partial charge in [-0.2, -0.15) is 0 Å². The zero-order valence-electron chi connectivity index (χ0n) is 14.9. The molecule has 0 fully saturated rings. The molecule has 0 radical (unpaired) electrons. The number of aliphatic hydroxyl groups is 1. The number of nitro groups is 1. The SMILES string of the molecule is Cc1cc(NCC(O)Cc2ccccc2)nc(-c2ccc([N+](=O)[O-])cc2)n1. The summed E-state index contributed by atoms with van der Waals surface area (Å²) in [4.78, 5) is 19.2. The van der Waals surface area contributed by atoms with Gasteiger partial charge in [-0.3, -0.25) is 10.1 Å². The molecule has 0 aliphatic rings. The molecule has 0 bridgehead atoms. The molecule has 3 aromatic rings. The van der Waals surface area contributed by atoms with Crippen LogP contribution in [-0.4, -0.2) is 32.6 Å². The second-order valence-corrected chi connectivity index (χ2v) is 6.25. The number of anilines is 1. The molecule has 0 saturated carbocycles. The molecule has 1 atom stereocenters. The molecule has 0 saturated heterocycles. The van der Waals surface area contributed by atoms with Crippen LogP contribution in [0.15, 0.2) is 60.7 Å². The van der Waals surface area contributed by atoms with Gasteiger partial charge in [0.1, 0.15) is 5.82 Å². The average molecular weight is 364 g/mol. The van der Waals surface area contributed by atoms with Crippen LogP contribution in [0.1, 0.15) is 11.3 Å². The molecule has 138 valence electrons. The largest absolute Gasteiger partial charge is 0.391 e. The van der Waals surface area contributed by atoms with Crippen molar-refractivity contribution in [2.45, 2.75) is 19.4 Å². The maximum absolute atomic E-state index is 10.8. The molecule has 7 heteroatoms. The third-order valence-electron chi connectivity index (χ3n) is 4.02. The first-order valence-electron chi connectivity index (χ1n) is 8.57. The number of nitro benzene ring substituents is 1. The van der Waals surface area contributed by atoms with E-state index in [4.69, 9.17) is 0 Å². The first kappa shape index (κ1) is 18.5. The Morgan fingerprint density at radius 2 is 1.81 bits per heavy atom. The lowest BCUT2D eigenvalue weighted by atomic mass is 10.1. The van der Waals surface area contributed by atoms with E-state index in [1.54, 1.807) is 18.2 Å². The van der Waals surface area contributed by atoms with Crippen molar-refractivity contribution in [2.75, 3.05) is 11.9 Å². The van der Waals surface area contributed by atoms with Crippen molar-refractivity contribution in [1.29, 1.82) is 0 Å². The monoisotopic (exact) mass is 364 g/mol. The first-order chi connectivity index (χ1) is 13.0. The Bertz CT molecular complexity index is 914. The number of hydrogen-bond acceptors (Lipinski definition) is 6. The normalized spacial score (nSPS) is 11.8. The van der Waals surface area contributed by atoms with Gasteiger partial charge in [-0.1, -0.05) is 30.3 Å². The smallest absolute Gasteiger partial charge is 0.269 e. The molecular formula is C20H20N4O3. The standard InChI is InChI=1S/C20H20N4O3/c1-14-11-19(21-13-18(25)12-15-5-3-2-4-6-15)23-20(22-14)16-7-9-17(10-8-16)24(26)27/h2-11,18,25H,12-13H2,1H3,(H,21,22,23). The van der Waals surface area contributed by atoms with Crippen molar-refractivity contribution in [1.82, 2.24) is 9.97 Å². The molecule has 1 heterocycles. The number of rotatable bonds is 7. The summed E-state index contributed by atoms with van der Waals surface area (Å²) >= 11 is 0. The maximum atomic E-state index is 10.8. The number of hydrogen-bond donors (Lipinski definition) is 2. The quantitative estimate of drug-likeness (QED) is 0.492. The Kier molecular flexibility index (Phi) is 5.73. The van der Waals surface area contributed by atoms with Crippen LogP contribution in [0.3, 0.4) is 0 Å².